The molecular formula is C13H14O2S2. The van der Waals surface area contributed by atoms with E-state index >= 15 is 0 Å². The van der Waals surface area contributed by atoms with Gasteiger partial charge in [0.15, 0.2) is 9.84 Å². The molecule has 2 aromatic rings. The standard InChI is InChI=1S/C13H14O2S2/c14-17(15,11-13-7-4-9-16-13)10-8-12-5-2-1-3-6-12/h1-7,9H,8,10-11H2. The minimum Gasteiger partial charge on any atom is -0.228 e. The fraction of sp³-hybridized carbons (Fsp3) is 0.231. The van der Waals surface area contributed by atoms with Crippen LogP contribution in [0.25, 0.3) is 0 Å². The summed E-state index contributed by atoms with van der Waals surface area (Å²) in [7, 11) is -2.99. The van der Waals surface area contributed by atoms with Crippen LogP contribution in [0.5, 0.6) is 0 Å². The van der Waals surface area contributed by atoms with Gasteiger partial charge in [-0.15, -0.1) is 11.3 Å². The van der Waals surface area contributed by atoms with Gasteiger partial charge in [0.1, 0.15) is 0 Å². The summed E-state index contributed by atoms with van der Waals surface area (Å²) in [5.74, 6) is 0.381. The summed E-state index contributed by atoms with van der Waals surface area (Å²) in [6, 6.07) is 13.5. The fourth-order valence-electron chi connectivity index (χ4n) is 1.60. The van der Waals surface area contributed by atoms with Gasteiger partial charge in [0.25, 0.3) is 0 Å². The van der Waals surface area contributed by atoms with E-state index in [9.17, 15) is 8.42 Å². The predicted octanol–water partition coefficient (Wildman–Crippen LogP) is 2.91. The minimum absolute atomic E-state index is 0.164. The van der Waals surface area contributed by atoms with Crippen molar-refractivity contribution in [3.05, 3.63) is 58.3 Å². The number of hydrogen-bond donors (Lipinski definition) is 0. The predicted molar refractivity (Wildman–Crippen MR) is 72.0 cm³/mol. The van der Waals surface area contributed by atoms with E-state index in [0.717, 1.165) is 10.4 Å². The minimum atomic E-state index is -2.99. The quantitative estimate of drug-likeness (QED) is 0.834. The summed E-state index contributed by atoms with van der Waals surface area (Å²) in [6.07, 6.45) is 0.592. The van der Waals surface area contributed by atoms with Crippen LogP contribution in [0.4, 0.5) is 0 Å². The van der Waals surface area contributed by atoms with Crippen LogP contribution in [0.1, 0.15) is 10.4 Å². The second-order valence-corrected chi connectivity index (χ2v) is 7.12. The molecule has 0 N–H and O–H groups in total. The van der Waals surface area contributed by atoms with E-state index in [1.807, 2.05) is 47.8 Å². The van der Waals surface area contributed by atoms with Crippen molar-refractivity contribution in [1.29, 1.82) is 0 Å². The van der Waals surface area contributed by atoms with E-state index in [4.69, 9.17) is 0 Å². The number of aryl methyl sites for hydroxylation is 1. The number of hydrogen-bond acceptors (Lipinski definition) is 3. The maximum atomic E-state index is 11.9. The lowest BCUT2D eigenvalue weighted by molar-refractivity contribution is 0.595. The number of sulfone groups is 1. The van der Waals surface area contributed by atoms with E-state index in [1.165, 1.54) is 11.3 Å². The van der Waals surface area contributed by atoms with Gasteiger partial charge in [0.05, 0.1) is 11.5 Å². The highest BCUT2D eigenvalue weighted by molar-refractivity contribution is 7.90. The van der Waals surface area contributed by atoms with Crippen LogP contribution in [0.15, 0.2) is 47.8 Å². The zero-order valence-corrected chi connectivity index (χ0v) is 11.0. The first kappa shape index (κ1) is 12.3. The maximum Gasteiger partial charge on any atom is 0.155 e. The third kappa shape index (κ3) is 3.98. The zero-order chi connectivity index (χ0) is 12.1. The Bertz CT molecular complexity index is 542. The van der Waals surface area contributed by atoms with E-state index in [-0.39, 0.29) is 11.5 Å². The summed E-state index contributed by atoms with van der Waals surface area (Å²) >= 11 is 1.49. The van der Waals surface area contributed by atoms with Gasteiger partial charge in [-0.25, -0.2) is 8.42 Å². The van der Waals surface area contributed by atoms with Crippen molar-refractivity contribution in [1.82, 2.24) is 0 Å². The van der Waals surface area contributed by atoms with Crippen LogP contribution in [0.2, 0.25) is 0 Å². The van der Waals surface area contributed by atoms with Gasteiger partial charge in [-0.2, -0.15) is 0 Å². The molecule has 0 bridgehead atoms. The third-order valence-electron chi connectivity index (χ3n) is 2.49. The summed E-state index contributed by atoms with van der Waals surface area (Å²) in [6.45, 7) is 0. The molecule has 0 fully saturated rings. The first-order valence-electron chi connectivity index (χ1n) is 5.42. The van der Waals surface area contributed by atoms with Gasteiger partial charge in [0.2, 0.25) is 0 Å². The number of rotatable bonds is 5. The van der Waals surface area contributed by atoms with Crippen molar-refractivity contribution in [2.75, 3.05) is 5.75 Å². The Morgan fingerprint density at radius 1 is 1.00 bits per heavy atom. The summed E-state index contributed by atoms with van der Waals surface area (Å²) in [5, 5.41) is 1.90. The molecule has 4 heteroatoms. The van der Waals surface area contributed by atoms with Crippen molar-refractivity contribution in [2.45, 2.75) is 12.2 Å². The van der Waals surface area contributed by atoms with E-state index in [2.05, 4.69) is 0 Å². The monoisotopic (exact) mass is 266 g/mol. The molecule has 0 radical (unpaired) electrons. The van der Waals surface area contributed by atoms with Gasteiger partial charge < -0.3 is 0 Å². The van der Waals surface area contributed by atoms with E-state index < -0.39 is 9.84 Å². The molecule has 0 unspecified atom stereocenters. The average Bonchev–Trinajstić information content (AvgIpc) is 2.80. The van der Waals surface area contributed by atoms with Gasteiger partial charge in [-0.05, 0) is 23.4 Å². The second kappa shape index (κ2) is 5.47. The number of benzene rings is 1. The number of thiophene rings is 1. The average molecular weight is 266 g/mol. The lowest BCUT2D eigenvalue weighted by atomic mass is 10.2. The van der Waals surface area contributed by atoms with Crippen LogP contribution in [-0.2, 0) is 22.0 Å². The van der Waals surface area contributed by atoms with Crippen LogP contribution in [0.3, 0.4) is 0 Å². The summed E-state index contributed by atoms with van der Waals surface area (Å²) in [4.78, 5) is 0.915. The lowest BCUT2D eigenvalue weighted by Gasteiger charge is -2.03. The molecule has 0 aliphatic rings. The Kier molecular flexibility index (Phi) is 3.97. The second-order valence-electron chi connectivity index (χ2n) is 3.91. The van der Waals surface area contributed by atoms with Crippen molar-refractivity contribution >= 4 is 21.2 Å². The molecule has 0 aliphatic heterocycles. The molecule has 1 heterocycles. The van der Waals surface area contributed by atoms with Crippen LogP contribution >= 0.6 is 11.3 Å². The molecule has 2 rings (SSSR count). The molecule has 1 aromatic carbocycles. The molecule has 0 saturated carbocycles. The Hall–Kier alpha value is -1.13. The van der Waals surface area contributed by atoms with Gasteiger partial charge in [-0.3, -0.25) is 0 Å². The molecule has 0 spiro atoms. The highest BCUT2D eigenvalue weighted by Gasteiger charge is 2.12. The molecule has 90 valence electrons. The van der Waals surface area contributed by atoms with Crippen molar-refractivity contribution in [3.8, 4) is 0 Å². The van der Waals surface area contributed by atoms with Gasteiger partial charge >= 0.3 is 0 Å². The van der Waals surface area contributed by atoms with E-state index in [0.29, 0.717) is 6.42 Å². The summed E-state index contributed by atoms with van der Waals surface area (Å²) < 4.78 is 23.8. The van der Waals surface area contributed by atoms with Crippen molar-refractivity contribution < 1.29 is 8.42 Å². The highest BCUT2D eigenvalue weighted by Crippen LogP contribution is 2.14. The van der Waals surface area contributed by atoms with Crippen LogP contribution in [-0.4, -0.2) is 14.2 Å². The molecule has 0 amide bonds. The van der Waals surface area contributed by atoms with Crippen molar-refractivity contribution in [2.24, 2.45) is 0 Å². The first-order chi connectivity index (χ1) is 8.16. The normalized spacial score (nSPS) is 11.5. The molecule has 0 saturated heterocycles. The SMILES string of the molecule is O=S(=O)(CCc1ccccc1)Cc1cccs1. The smallest absolute Gasteiger partial charge is 0.155 e. The topological polar surface area (TPSA) is 34.1 Å². The molecule has 0 atom stereocenters. The highest BCUT2D eigenvalue weighted by atomic mass is 32.2. The molecule has 17 heavy (non-hydrogen) atoms. The largest absolute Gasteiger partial charge is 0.228 e. The fourth-order valence-corrected chi connectivity index (χ4v) is 4.12. The van der Waals surface area contributed by atoms with Gasteiger partial charge in [0, 0.05) is 4.88 Å². The molecule has 0 aliphatic carbocycles. The lowest BCUT2D eigenvalue weighted by Crippen LogP contribution is -2.10. The summed E-state index contributed by atoms with van der Waals surface area (Å²) in [5.41, 5.74) is 1.07. The van der Waals surface area contributed by atoms with Gasteiger partial charge in [-0.1, -0.05) is 36.4 Å². The molecular weight excluding hydrogens is 252 g/mol. The Balaban J connectivity index is 1.94. The van der Waals surface area contributed by atoms with E-state index in [1.54, 1.807) is 0 Å². The van der Waals surface area contributed by atoms with Crippen LogP contribution < -0.4 is 0 Å². The Labute approximate surface area is 106 Å². The Morgan fingerprint density at radius 3 is 2.41 bits per heavy atom. The third-order valence-corrected chi connectivity index (χ3v) is 5.12. The first-order valence-corrected chi connectivity index (χ1v) is 8.12. The molecule has 1 aromatic heterocycles. The van der Waals surface area contributed by atoms with Crippen molar-refractivity contribution in [3.63, 3.8) is 0 Å². The van der Waals surface area contributed by atoms with Crippen LogP contribution in [0, 0.1) is 0 Å². The maximum absolute atomic E-state index is 11.9. The zero-order valence-electron chi connectivity index (χ0n) is 9.37. The Morgan fingerprint density at radius 2 is 1.76 bits per heavy atom. The molecule has 2 nitrogen and oxygen atoms in total.